The second-order valence-electron chi connectivity index (χ2n) is 6.58. The summed E-state index contributed by atoms with van der Waals surface area (Å²) in [5.41, 5.74) is 0.815. The standard InChI is InChI=1S/C18H23FN4O3S/c1-14-18(17(26-20-14)8-9-21(2)3)27(24,25)23-12-10-22(11-13-23)16-7-5-4-6-15(16)19/h4-9H,10-13H2,1-3H3/b9-8+. The zero-order valence-electron chi connectivity index (χ0n) is 15.6. The van der Waals surface area contributed by atoms with Crippen LogP contribution in [0.15, 0.2) is 39.9 Å². The number of benzene rings is 1. The van der Waals surface area contributed by atoms with Crippen molar-refractivity contribution in [3.05, 3.63) is 47.7 Å². The van der Waals surface area contributed by atoms with Gasteiger partial charge in [-0.3, -0.25) is 0 Å². The Kier molecular flexibility index (Phi) is 5.52. The summed E-state index contributed by atoms with van der Waals surface area (Å²) in [5, 5.41) is 3.82. The first-order valence-electron chi connectivity index (χ1n) is 8.61. The highest BCUT2D eigenvalue weighted by Gasteiger charge is 2.34. The highest BCUT2D eigenvalue weighted by atomic mass is 32.2. The Morgan fingerprint density at radius 2 is 1.85 bits per heavy atom. The first-order chi connectivity index (χ1) is 12.8. The average Bonchev–Trinajstić information content (AvgIpc) is 3.02. The van der Waals surface area contributed by atoms with Gasteiger partial charge in [-0.1, -0.05) is 17.3 Å². The Morgan fingerprint density at radius 3 is 2.48 bits per heavy atom. The van der Waals surface area contributed by atoms with Gasteiger partial charge in [0.25, 0.3) is 0 Å². The summed E-state index contributed by atoms with van der Waals surface area (Å²) in [6, 6.07) is 6.51. The number of hydrogen-bond donors (Lipinski definition) is 0. The molecular weight excluding hydrogens is 371 g/mol. The molecule has 2 heterocycles. The fourth-order valence-corrected chi connectivity index (χ4v) is 4.69. The molecule has 0 bridgehead atoms. The highest BCUT2D eigenvalue weighted by molar-refractivity contribution is 7.89. The highest BCUT2D eigenvalue weighted by Crippen LogP contribution is 2.27. The molecule has 27 heavy (non-hydrogen) atoms. The Bertz CT molecular complexity index is 932. The van der Waals surface area contributed by atoms with Crippen molar-refractivity contribution in [2.45, 2.75) is 11.8 Å². The predicted molar refractivity (Wildman–Crippen MR) is 101 cm³/mol. The molecule has 0 saturated carbocycles. The van der Waals surface area contributed by atoms with Crippen LogP contribution in [0.4, 0.5) is 10.1 Å². The summed E-state index contributed by atoms with van der Waals surface area (Å²) >= 11 is 0. The van der Waals surface area contributed by atoms with E-state index in [4.69, 9.17) is 4.52 Å². The smallest absolute Gasteiger partial charge is 0.248 e. The van der Waals surface area contributed by atoms with Gasteiger partial charge in [0.15, 0.2) is 10.7 Å². The van der Waals surface area contributed by atoms with Crippen molar-refractivity contribution in [2.75, 3.05) is 45.2 Å². The largest absolute Gasteiger partial charge is 0.383 e. The second-order valence-corrected chi connectivity index (χ2v) is 8.46. The maximum atomic E-state index is 14.0. The number of rotatable bonds is 5. The molecule has 0 aliphatic carbocycles. The summed E-state index contributed by atoms with van der Waals surface area (Å²) in [6.07, 6.45) is 3.29. The van der Waals surface area contributed by atoms with E-state index < -0.39 is 10.0 Å². The van der Waals surface area contributed by atoms with Crippen molar-refractivity contribution in [1.29, 1.82) is 0 Å². The van der Waals surface area contributed by atoms with Gasteiger partial charge in [0.05, 0.1) is 5.69 Å². The molecule has 1 aromatic carbocycles. The SMILES string of the molecule is Cc1noc(/C=C/N(C)C)c1S(=O)(=O)N1CCN(c2ccccc2F)CC1. The van der Waals surface area contributed by atoms with Gasteiger partial charge in [0.1, 0.15) is 11.5 Å². The lowest BCUT2D eigenvalue weighted by molar-refractivity contribution is 0.381. The lowest BCUT2D eigenvalue weighted by Gasteiger charge is -2.35. The number of aromatic nitrogens is 1. The molecule has 1 aliphatic heterocycles. The molecular formula is C18H23FN4O3S. The number of para-hydroxylation sites is 1. The van der Waals surface area contributed by atoms with Gasteiger partial charge in [0, 0.05) is 52.6 Å². The minimum absolute atomic E-state index is 0.0833. The molecule has 0 amide bonds. The Balaban J connectivity index is 1.80. The molecule has 0 unspecified atom stereocenters. The third-order valence-electron chi connectivity index (χ3n) is 4.39. The molecule has 2 aromatic rings. The van der Waals surface area contributed by atoms with Crippen LogP contribution in [-0.2, 0) is 10.0 Å². The summed E-state index contributed by atoms with van der Waals surface area (Å²) in [4.78, 5) is 3.72. The first-order valence-corrected chi connectivity index (χ1v) is 10.0. The van der Waals surface area contributed by atoms with Gasteiger partial charge in [-0.25, -0.2) is 12.8 Å². The minimum atomic E-state index is -3.76. The monoisotopic (exact) mass is 394 g/mol. The van der Waals surface area contributed by atoms with Crippen LogP contribution >= 0.6 is 0 Å². The van der Waals surface area contributed by atoms with Crippen LogP contribution in [-0.4, -0.2) is 63.1 Å². The quantitative estimate of drug-likeness (QED) is 0.774. The predicted octanol–water partition coefficient (Wildman–Crippen LogP) is 2.17. The molecule has 1 fully saturated rings. The van der Waals surface area contributed by atoms with Gasteiger partial charge in [-0.2, -0.15) is 4.31 Å². The molecule has 7 nitrogen and oxygen atoms in total. The topological polar surface area (TPSA) is 69.9 Å². The van der Waals surface area contributed by atoms with Crippen LogP contribution < -0.4 is 4.90 Å². The summed E-state index contributed by atoms with van der Waals surface area (Å²) in [6.45, 7) is 2.95. The maximum Gasteiger partial charge on any atom is 0.248 e. The zero-order valence-corrected chi connectivity index (χ0v) is 16.4. The molecule has 146 valence electrons. The van der Waals surface area contributed by atoms with E-state index in [1.807, 2.05) is 19.0 Å². The molecule has 3 rings (SSSR count). The van der Waals surface area contributed by atoms with Crippen LogP contribution in [0.1, 0.15) is 11.5 Å². The van der Waals surface area contributed by atoms with Crippen molar-refractivity contribution < 1.29 is 17.3 Å². The van der Waals surface area contributed by atoms with E-state index >= 15 is 0 Å². The minimum Gasteiger partial charge on any atom is -0.383 e. The number of piperazine rings is 1. The van der Waals surface area contributed by atoms with Crippen molar-refractivity contribution in [3.8, 4) is 0 Å². The Morgan fingerprint density at radius 1 is 1.19 bits per heavy atom. The molecule has 9 heteroatoms. The maximum absolute atomic E-state index is 14.0. The van der Waals surface area contributed by atoms with E-state index in [0.29, 0.717) is 24.5 Å². The molecule has 1 aliphatic rings. The van der Waals surface area contributed by atoms with E-state index in [-0.39, 0.29) is 29.6 Å². The normalized spacial score (nSPS) is 16.2. The van der Waals surface area contributed by atoms with Gasteiger partial charge in [0.2, 0.25) is 10.0 Å². The lowest BCUT2D eigenvalue weighted by atomic mass is 10.2. The zero-order chi connectivity index (χ0) is 19.6. The number of sulfonamides is 1. The average molecular weight is 394 g/mol. The van der Waals surface area contributed by atoms with Crippen LogP contribution in [0.3, 0.4) is 0 Å². The number of hydrogen-bond acceptors (Lipinski definition) is 6. The van der Waals surface area contributed by atoms with Crippen LogP contribution in [0.5, 0.6) is 0 Å². The van der Waals surface area contributed by atoms with Gasteiger partial charge in [-0.05, 0) is 19.1 Å². The molecule has 0 atom stereocenters. The molecule has 0 spiro atoms. The van der Waals surface area contributed by atoms with E-state index in [0.717, 1.165) is 0 Å². The van der Waals surface area contributed by atoms with E-state index in [1.165, 1.54) is 10.4 Å². The summed E-state index contributed by atoms with van der Waals surface area (Å²) < 4.78 is 46.8. The second kappa shape index (κ2) is 7.69. The van der Waals surface area contributed by atoms with Crippen molar-refractivity contribution >= 4 is 21.8 Å². The number of halogens is 1. The molecule has 1 aromatic heterocycles. The number of nitrogens with zero attached hydrogens (tertiary/aromatic N) is 4. The summed E-state index contributed by atoms with van der Waals surface area (Å²) in [7, 11) is -0.0984. The van der Waals surface area contributed by atoms with E-state index in [9.17, 15) is 12.8 Å². The van der Waals surface area contributed by atoms with Crippen LogP contribution in [0, 0.1) is 12.7 Å². The first kappa shape index (κ1) is 19.4. The lowest BCUT2D eigenvalue weighted by Crippen LogP contribution is -2.49. The van der Waals surface area contributed by atoms with Gasteiger partial charge < -0.3 is 14.3 Å². The number of anilines is 1. The molecule has 0 radical (unpaired) electrons. The van der Waals surface area contributed by atoms with Gasteiger partial charge >= 0.3 is 0 Å². The van der Waals surface area contributed by atoms with Crippen molar-refractivity contribution in [2.24, 2.45) is 0 Å². The molecule has 0 N–H and O–H groups in total. The van der Waals surface area contributed by atoms with Crippen molar-refractivity contribution in [3.63, 3.8) is 0 Å². The summed E-state index contributed by atoms with van der Waals surface area (Å²) in [5.74, 6) is -0.0995. The third kappa shape index (κ3) is 3.98. The third-order valence-corrected chi connectivity index (χ3v) is 6.44. The van der Waals surface area contributed by atoms with Crippen LogP contribution in [0.2, 0.25) is 0 Å². The fourth-order valence-electron chi connectivity index (χ4n) is 3.02. The Labute approximate surface area is 158 Å². The number of aryl methyl sites for hydroxylation is 1. The Hall–Kier alpha value is -2.39. The molecule has 1 saturated heterocycles. The van der Waals surface area contributed by atoms with Crippen LogP contribution in [0.25, 0.3) is 6.08 Å². The fraction of sp³-hybridized carbons (Fsp3) is 0.389. The van der Waals surface area contributed by atoms with E-state index in [1.54, 1.807) is 42.3 Å². The van der Waals surface area contributed by atoms with Gasteiger partial charge in [-0.15, -0.1) is 0 Å². The van der Waals surface area contributed by atoms with E-state index in [2.05, 4.69) is 5.16 Å². The van der Waals surface area contributed by atoms with Crippen molar-refractivity contribution in [1.82, 2.24) is 14.4 Å².